The van der Waals surface area contributed by atoms with Crippen LogP contribution in [0.3, 0.4) is 0 Å². The zero-order valence-corrected chi connectivity index (χ0v) is 25.6. The van der Waals surface area contributed by atoms with Crippen LogP contribution >= 0.6 is 34.7 Å². The molecule has 2 saturated heterocycles. The molecule has 3 aromatic rings. The molecule has 11 heteroatoms. The number of halogens is 1. The SMILES string of the molecule is O=C(COc1ccccc1[C@H]1c2sc(=O)[nH]c2SC2C3CC(C4C(=O)N(c5ccc(Cl)cc5)C(=O)C34)C21)N1CCCCC1. The largest absolute Gasteiger partial charge is 0.483 e. The van der Waals surface area contributed by atoms with Crippen molar-refractivity contribution in [1.29, 1.82) is 0 Å². The number of thioether (sulfide) groups is 1. The number of benzene rings is 2. The predicted molar refractivity (Wildman–Crippen MR) is 165 cm³/mol. The van der Waals surface area contributed by atoms with Crippen molar-refractivity contribution in [2.75, 3.05) is 24.6 Å². The number of ether oxygens (including phenoxy) is 1. The minimum absolute atomic E-state index is 0.0142. The number of fused-ring (bicyclic) bond motifs is 9. The van der Waals surface area contributed by atoms with Gasteiger partial charge < -0.3 is 14.6 Å². The maximum atomic E-state index is 14.0. The van der Waals surface area contributed by atoms with E-state index < -0.39 is 5.92 Å². The summed E-state index contributed by atoms with van der Waals surface area (Å²) in [6.07, 6.45) is 3.98. The normalized spacial score (nSPS) is 30.8. The van der Waals surface area contributed by atoms with Gasteiger partial charge in [0.2, 0.25) is 11.8 Å². The number of rotatable bonds is 5. The fourth-order valence-corrected chi connectivity index (χ4v) is 11.5. The number of piperidine rings is 1. The maximum absolute atomic E-state index is 14.0. The first-order valence-electron chi connectivity index (χ1n) is 14.9. The number of nitrogens with zero attached hydrogens (tertiary/aromatic N) is 2. The molecule has 4 heterocycles. The number of hydrogen-bond acceptors (Lipinski definition) is 7. The average Bonchev–Trinajstić information content (AvgIpc) is 3.76. The first-order chi connectivity index (χ1) is 20.9. The fourth-order valence-electron chi connectivity index (χ4n) is 8.45. The van der Waals surface area contributed by atoms with E-state index in [4.69, 9.17) is 16.3 Å². The van der Waals surface area contributed by atoms with E-state index in [0.717, 1.165) is 54.2 Å². The van der Waals surface area contributed by atoms with Gasteiger partial charge in [-0.3, -0.25) is 24.1 Å². The van der Waals surface area contributed by atoms with Crippen LogP contribution in [0.2, 0.25) is 5.02 Å². The molecule has 8 rings (SSSR count). The Labute approximate surface area is 261 Å². The van der Waals surface area contributed by atoms with E-state index in [1.165, 1.54) is 16.2 Å². The lowest BCUT2D eigenvalue weighted by atomic mass is 9.68. The Hall–Kier alpha value is -3.08. The zero-order valence-electron chi connectivity index (χ0n) is 23.2. The topological polar surface area (TPSA) is 99.8 Å². The van der Waals surface area contributed by atoms with E-state index in [-0.39, 0.29) is 64.0 Å². The van der Waals surface area contributed by atoms with Crippen LogP contribution in [-0.2, 0) is 14.4 Å². The molecule has 0 spiro atoms. The Balaban J connectivity index is 1.15. The lowest BCUT2D eigenvalue weighted by molar-refractivity contribution is -0.134. The van der Waals surface area contributed by atoms with Crippen LogP contribution in [0, 0.1) is 29.6 Å². The lowest BCUT2D eigenvalue weighted by Gasteiger charge is -2.43. The van der Waals surface area contributed by atoms with Gasteiger partial charge >= 0.3 is 4.87 Å². The maximum Gasteiger partial charge on any atom is 0.305 e. The van der Waals surface area contributed by atoms with E-state index in [9.17, 15) is 19.2 Å². The molecule has 0 radical (unpaired) electrons. The van der Waals surface area contributed by atoms with Crippen LogP contribution < -0.4 is 14.5 Å². The number of carbonyl (C=O) groups is 3. The number of hydrogen-bond donors (Lipinski definition) is 1. The molecule has 1 N–H and O–H groups in total. The van der Waals surface area contributed by atoms with Gasteiger partial charge in [-0.25, -0.2) is 0 Å². The second-order valence-corrected chi connectivity index (χ2v) is 14.9. The van der Waals surface area contributed by atoms with Crippen LogP contribution in [0.25, 0.3) is 0 Å². The van der Waals surface area contributed by atoms with Gasteiger partial charge in [0.05, 0.1) is 22.5 Å². The highest BCUT2D eigenvalue weighted by Gasteiger charge is 2.69. The molecule has 43 heavy (non-hydrogen) atoms. The van der Waals surface area contributed by atoms with Gasteiger partial charge in [0.25, 0.3) is 5.91 Å². The molecule has 222 valence electrons. The molecule has 4 fully saturated rings. The number of aromatic nitrogens is 1. The van der Waals surface area contributed by atoms with E-state index >= 15 is 0 Å². The second kappa shape index (κ2) is 10.5. The third kappa shape index (κ3) is 4.31. The number of carbonyl (C=O) groups excluding carboxylic acids is 3. The van der Waals surface area contributed by atoms with Gasteiger partial charge in [-0.05, 0) is 73.8 Å². The number of likely N-dealkylation sites (tertiary alicyclic amines) is 1. The smallest absolute Gasteiger partial charge is 0.305 e. The van der Waals surface area contributed by atoms with Crippen molar-refractivity contribution in [3.8, 4) is 5.75 Å². The molecule has 5 aliphatic rings. The lowest BCUT2D eigenvalue weighted by Crippen LogP contribution is -2.43. The van der Waals surface area contributed by atoms with Crippen LogP contribution in [-0.4, -0.2) is 52.6 Å². The summed E-state index contributed by atoms with van der Waals surface area (Å²) in [4.78, 5) is 60.6. The van der Waals surface area contributed by atoms with Crippen LogP contribution in [0.15, 0.2) is 58.4 Å². The Bertz CT molecular complexity index is 1680. The standard InChI is InChI=1S/C32H30ClN3O5S2/c33-16-8-10-17(11-9-16)36-30(38)25-19-14-20(26(25)31(36)39)27-24(19)23(28-29(42-27)34-32(40)43-28)18-6-2-3-7-21(18)41-15-22(37)35-12-4-1-5-13-35/h2-3,6-11,19-20,23-27H,1,4-5,12-15H2,(H,34,40)/t19?,20?,23-,24?,25?,26?,27?/m1/s1. The summed E-state index contributed by atoms with van der Waals surface area (Å²) in [6, 6.07) is 14.6. The fraction of sp³-hybridized carbons (Fsp3) is 0.438. The number of aromatic amines is 1. The van der Waals surface area contributed by atoms with Gasteiger partial charge in [-0.2, -0.15) is 0 Å². The Morgan fingerprint density at radius 2 is 1.67 bits per heavy atom. The monoisotopic (exact) mass is 635 g/mol. The molecular formula is C32H30ClN3O5S2. The molecule has 2 saturated carbocycles. The number of anilines is 1. The minimum atomic E-state index is -0.400. The molecule has 1 aromatic heterocycles. The summed E-state index contributed by atoms with van der Waals surface area (Å²) in [5.74, 6) is -0.570. The van der Waals surface area contributed by atoms with Crippen molar-refractivity contribution in [3.63, 3.8) is 0 Å². The Morgan fingerprint density at radius 3 is 2.44 bits per heavy atom. The molecule has 2 aromatic carbocycles. The summed E-state index contributed by atoms with van der Waals surface area (Å²) >= 11 is 8.96. The molecule has 8 nitrogen and oxygen atoms in total. The average molecular weight is 636 g/mol. The molecule has 3 aliphatic heterocycles. The minimum Gasteiger partial charge on any atom is -0.483 e. The molecule has 2 bridgehead atoms. The number of amides is 3. The highest BCUT2D eigenvalue weighted by atomic mass is 35.5. The van der Waals surface area contributed by atoms with Crippen molar-refractivity contribution in [1.82, 2.24) is 9.88 Å². The van der Waals surface area contributed by atoms with Crippen molar-refractivity contribution in [2.45, 2.75) is 41.9 Å². The molecule has 7 atom stereocenters. The third-order valence-corrected chi connectivity index (χ3v) is 13.0. The quantitative estimate of drug-likeness (QED) is 0.389. The highest BCUT2D eigenvalue weighted by molar-refractivity contribution is 8.00. The first-order valence-corrected chi connectivity index (χ1v) is 17.0. The number of imide groups is 1. The summed E-state index contributed by atoms with van der Waals surface area (Å²) in [6.45, 7) is 1.49. The third-order valence-electron chi connectivity index (χ3n) is 10.1. The van der Waals surface area contributed by atoms with Crippen LogP contribution in [0.4, 0.5) is 5.69 Å². The van der Waals surface area contributed by atoms with Gasteiger partial charge in [-0.15, -0.1) is 11.8 Å². The molecule has 3 amide bonds. The number of nitrogens with one attached hydrogen (secondary N) is 1. The van der Waals surface area contributed by atoms with Gasteiger partial charge in [0, 0.05) is 39.7 Å². The van der Waals surface area contributed by atoms with Crippen LogP contribution in [0.1, 0.15) is 42.0 Å². The van der Waals surface area contributed by atoms with Crippen molar-refractivity contribution in [3.05, 3.63) is 73.7 Å². The van der Waals surface area contributed by atoms with E-state index in [1.807, 2.05) is 29.2 Å². The van der Waals surface area contributed by atoms with E-state index in [2.05, 4.69) is 4.98 Å². The number of thiazole rings is 1. The van der Waals surface area contributed by atoms with E-state index in [0.29, 0.717) is 16.5 Å². The second-order valence-electron chi connectivity index (χ2n) is 12.2. The number of para-hydroxylation sites is 1. The number of H-pyrrole nitrogens is 1. The molecule has 2 aliphatic carbocycles. The van der Waals surface area contributed by atoms with Crippen molar-refractivity contribution < 1.29 is 19.1 Å². The predicted octanol–water partition coefficient (Wildman–Crippen LogP) is 5.16. The Kier molecular flexibility index (Phi) is 6.72. The molecular weight excluding hydrogens is 606 g/mol. The van der Waals surface area contributed by atoms with Crippen molar-refractivity contribution in [2.24, 2.45) is 29.6 Å². The molecule has 6 unspecified atom stereocenters. The zero-order chi connectivity index (χ0) is 29.4. The van der Waals surface area contributed by atoms with Crippen molar-refractivity contribution >= 4 is 58.1 Å². The summed E-state index contributed by atoms with van der Waals surface area (Å²) in [5, 5.41) is 1.46. The van der Waals surface area contributed by atoms with Crippen LogP contribution in [0.5, 0.6) is 5.75 Å². The summed E-state index contributed by atoms with van der Waals surface area (Å²) in [7, 11) is 0. The first kappa shape index (κ1) is 27.5. The Morgan fingerprint density at radius 1 is 0.953 bits per heavy atom. The van der Waals surface area contributed by atoms with Gasteiger partial charge in [-0.1, -0.05) is 41.1 Å². The van der Waals surface area contributed by atoms with Gasteiger partial charge in [0.1, 0.15) is 5.75 Å². The van der Waals surface area contributed by atoms with E-state index in [1.54, 1.807) is 36.0 Å². The highest BCUT2D eigenvalue weighted by Crippen LogP contribution is 2.69. The van der Waals surface area contributed by atoms with Gasteiger partial charge in [0.15, 0.2) is 6.61 Å². The summed E-state index contributed by atoms with van der Waals surface area (Å²) < 4.78 is 6.24. The summed E-state index contributed by atoms with van der Waals surface area (Å²) in [5.41, 5.74) is 1.48.